The average Bonchev–Trinajstić information content (AvgIpc) is 3.50. The number of rotatable bonds is 7. The molecule has 3 aromatic heterocycles. The first-order chi connectivity index (χ1) is 16.6. The van der Waals surface area contributed by atoms with E-state index in [0.29, 0.717) is 10.3 Å². The SMILES string of the molecule is O=C(Cn1c(=O)c2sccc2n(CC(=O)Nc2cccc(C(F)(F)F)c2)c1=O)NCc1ccco1. The summed E-state index contributed by atoms with van der Waals surface area (Å²) < 4.78 is 45.8. The Morgan fingerprint density at radius 1 is 1.00 bits per heavy atom. The number of thiophene rings is 1. The summed E-state index contributed by atoms with van der Waals surface area (Å²) in [4.78, 5) is 50.8. The molecule has 0 fully saturated rings. The van der Waals surface area contributed by atoms with E-state index in [1.54, 1.807) is 17.5 Å². The van der Waals surface area contributed by atoms with Gasteiger partial charge in [0.25, 0.3) is 5.56 Å². The van der Waals surface area contributed by atoms with Crippen LogP contribution >= 0.6 is 11.3 Å². The van der Waals surface area contributed by atoms with Crippen molar-refractivity contribution < 1.29 is 27.2 Å². The molecule has 0 spiro atoms. The number of nitrogens with zero attached hydrogens (tertiary/aromatic N) is 2. The highest BCUT2D eigenvalue weighted by Crippen LogP contribution is 2.30. The summed E-state index contributed by atoms with van der Waals surface area (Å²) in [6, 6.07) is 8.80. The van der Waals surface area contributed by atoms with Gasteiger partial charge in [-0.3, -0.25) is 19.0 Å². The predicted octanol–water partition coefficient (Wildman–Crippen LogP) is 2.79. The van der Waals surface area contributed by atoms with E-state index in [1.165, 1.54) is 18.4 Å². The van der Waals surface area contributed by atoms with Crippen molar-refractivity contribution in [1.29, 1.82) is 0 Å². The first kappa shape index (κ1) is 24.0. The molecule has 0 atom stereocenters. The monoisotopic (exact) mass is 506 g/mol. The Bertz CT molecular complexity index is 1500. The summed E-state index contributed by atoms with van der Waals surface area (Å²) >= 11 is 1.03. The molecule has 4 rings (SSSR count). The third-order valence-electron chi connectivity index (χ3n) is 4.95. The van der Waals surface area contributed by atoms with Crippen LogP contribution in [0.3, 0.4) is 0 Å². The van der Waals surface area contributed by atoms with E-state index in [1.807, 2.05) is 0 Å². The van der Waals surface area contributed by atoms with Crippen LogP contribution < -0.4 is 21.9 Å². The normalized spacial score (nSPS) is 11.5. The summed E-state index contributed by atoms with van der Waals surface area (Å²) in [5, 5.41) is 6.41. The number of amides is 2. The fraction of sp³-hybridized carbons (Fsp3) is 0.182. The Morgan fingerprint density at radius 2 is 1.77 bits per heavy atom. The number of halogens is 3. The summed E-state index contributed by atoms with van der Waals surface area (Å²) in [6.45, 7) is -1.13. The number of fused-ring (bicyclic) bond motifs is 1. The van der Waals surface area contributed by atoms with E-state index in [-0.39, 0.29) is 22.4 Å². The lowest BCUT2D eigenvalue weighted by atomic mass is 10.2. The number of nitrogens with one attached hydrogen (secondary N) is 2. The third kappa shape index (κ3) is 5.35. The highest BCUT2D eigenvalue weighted by molar-refractivity contribution is 7.17. The number of anilines is 1. The zero-order chi connectivity index (χ0) is 25.2. The summed E-state index contributed by atoms with van der Waals surface area (Å²) in [7, 11) is 0. The van der Waals surface area contributed by atoms with Gasteiger partial charge < -0.3 is 15.1 Å². The van der Waals surface area contributed by atoms with E-state index in [9.17, 15) is 32.3 Å². The average molecular weight is 506 g/mol. The Morgan fingerprint density at radius 3 is 2.49 bits per heavy atom. The second-order valence-electron chi connectivity index (χ2n) is 7.38. The second kappa shape index (κ2) is 9.62. The van der Waals surface area contributed by atoms with Crippen LogP contribution in [0.1, 0.15) is 11.3 Å². The van der Waals surface area contributed by atoms with Crippen molar-refractivity contribution >= 4 is 39.1 Å². The van der Waals surface area contributed by atoms with Crippen LogP contribution in [0.25, 0.3) is 10.2 Å². The van der Waals surface area contributed by atoms with E-state index in [0.717, 1.165) is 34.1 Å². The Balaban J connectivity index is 1.57. The third-order valence-corrected chi connectivity index (χ3v) is 5.85. The number of benzene rings is 1. The number of aromatic nitrogens is 2. The standard InChI is InChI=1S/C22H17F3N4O5S/c23-22(24,25)13-3-1-4-14(9-13)27-18(31)12-28-16-6-8-35-19(16)20(32)29(21(28)33)11-17(30)26-10-15-5-2-7-34-15/h1-9H,10-12H2,(H,26,30)(H,27,31). The maximum absolute atomic E-state index is 13.0. The summed E-state index contributed by atoms with van der Waals surface area (Å²) in [5.41, 5.74) is -2.47. The molecule has 13 heteroatoms. The first-order valence-corrected chi connectivity index (χ1v) is 11.0. The van der Waals surface area contributed by atoms with E-state index < -0.39 is 47.9 Å². The van der Waals surface area contributed by atoms with Crippen molar-refractivity contribution in [1.82, 2.24) is 14.5 Å². The van der Waals surface area contributed by atoms with Gasteiger partial charge in [-0.15, -0.1) is 11.3 Å². The minimum atomic E-state index is -4.59. The van der Waals surface area contributed by atoms with Crippen LogP contribution in [0.4, 0.5) is 18.9 Å². The number of hydrogen-bond donors (Lipinski definition) is 2. The highest BCUT2D eigenvalue weighted by atomic mass is 32.1. The largest absolute Gasteiger partial charge is 0.467 e. The molecule has 0 bridgehead atoms. The lowest BCUT2D eigenvalue weighted by molar-refractivity contribution is -0.137. The first-order valence-electron chi connectivity index (χ1n) is 10.1. The summed E-state index contributed by atoms with van der Waals surface area (Å²) in [5.74, 6) is -0.939. The lowest BCUT2D eigenvalue weighted by Crippen LogP contribution is -2.44. The predicted molar refractivity (Wildman–Crippen MR) is 121 cm³/mol. The van der Waals surface area contributed by atoms with Crippen molar-refractivity contribution in [2.45, 2.75) is 25.8 Å². The van der Waals surface area contributed by atoms with Crippen LogP contribution in [0.15, 0.2) is 68.1 Å². The van der Waals surface area contributed by atoms with Crippen LogP contribution in [0, 0.1) is 0 Å². The van der Waals surface area contributed by atoms with Gasteiger partial charge in [0.1, 0.15) is 23.5 Å². The van der Waals surface area contributed by atoms with Crippen molar-refractivity contribution in [3.8, 4) is 0 Å². The Kier molecular flexibility index (Phi) is 6.60. The molecule has 0 saturated heterocycles. The molecule has 9 nitrogen and oxygen atoms in total. The molecule has 3 heterocycles. The quantitative estimate of drug-likeness (QED) is 0.400. The van der Waals surface area contributed by atoms with Gasteiger partial charge in [-0.1, -0.05) is 6.07 Å². The Hall–Kier alpha value is -4.13. The van der Waals surface area contributed by atoms with Gasteiger partial charge in [-0.05, 0) is 41.8 Å². The smallest absolute Gasteiger partial charge is 0.416 e. The molecule has 0 aliphatic carbocycles. The van der Waals surface area contributed by atoms with E-state index >= 15 is 0 Å². The summed E-state index contributed by atoms with van der Waals surface area (Å²) in [6.07, 6.45) is -3.16. The zero-order valence-electron chi connectivity index (χ0n) is 17.8. The molecule has 35 heavy (non-hydrogen) atoms. The van der Waals surface area contributed by atoms with Crippen molar-refractivity contribution in [2.24, 2.45) is 0 Å². The fourth-order valence-electron chi connectivity index (χ4n) is 3.34. The molecular weight excluding hydrogens is 489 g/mol. The Labute approximate surface area is 198 Å². The van der Waals surface area contributed by atoms with Crippen LogP contribution in [0.2, 0.25) is 0 Å². The van der Waals surface area contributed by atoms with Crippen LogP contribution in [-0.2, 0) is 35.4 Å². The van der Waals surface area contributed by atoms with Crippen molar-refractivity contribution in [2.75, 3.05) is 5.32 Å². The van der Waals surface area contributed by atoms with E-state index in [4.69, 9.17) is 4.42 Å². The molecule has 2 N–H and O–H groups in total. The molecule has 182 valence electrons. The van der Waals surface area contributed by atoms with Gasteiger partial charge in [0.15, 0.2) is 0 Å². The molecule has 0 radical (unpaired) electrons. The number of carbonyl (C=O) groups excluding carboxylic acids is 2. The minimum Gasteiger partial charge on any atom is -0.467 e. The number of carbonyl (C=O) groups is 2. The molecule has 0 aliphatic rings. The van der Waals surface area contributed by atoms with Crippen molar-refractivity contribution in [3.63, 3.8) is 0 Å². The van der Waals surface area contributed by atoms with Gasteiger partial charge in [0, 0.05) is 5.69 Å². The molecule has 1 aromatic carbocycles. The molecule has 0 aliphatic heterocycles. The van der Waals surface area contributed by atoms with E-state index in [2.05, 4.69) is 10.6 Å². The van der Waals surface area contributed by atoms with Gasteiger partial charge in [-0.25, -0.2) is 9.36 Å². The molecule has 0 unspecified atom stereocenters. The minimum absolute atomic E-state index is 0.0510. The van der Waals surface area contributed by atoms with Gasteiger partial charge in [0.05, 0.1) is 23.9 Å². The van der Waals surface area contributed by atoms with Gasteiger partial charge in [0.2, 0.25) is 11.8 Å². The zero-order valence-corrected chi connectivity index (χ0v) is 18.6. The molecule has 0 saturated carbocycles. The fourth-order valence-corrected chi connectivity index (χ4v) is 4.18. The number of alkyl halides is 3. The molecular formula is C22H17F3N4O5S. The maximum atomic E-state index is 13.0. The van der Waals surface area contributed by atoms with Gasteiger partial charge >= 0.3 is 11.9 Å². The second-order valence-corrected chi connectivity index (χ2v) is 8.29. The topological polar surface area (TPSA) is 115 Å². The van der Waals surface area contributed by atoms with Crippen molar-refractivity contribution in [3.05, 3.63) is 86.3 Å². The highest BCUT2D eigenvalue weighted by Gasteiger charge is 2.30. The maximum Gasteiger partial charge on any atom is 0.416 e. The number of hydrogen-bond acceptors (Lipinski definition) is 6. The van der Waals surface area contributed by atoms with Gasteiger partial charge in [-0.2, -0.15) is 13.2 Å². The molecule has 2 amide bonds. The lowest BCUT2D eigenvalue weighted by Gasteiger charge is -2.13. The van der Waals surface area contributed by atoms with Crippen LogP contribution in [0.5, 0.6) is 0 Å². The number of furan rings is 1. The van der Waals surface area contributed by atoms with Crippen LogP contribution in [-0.4, -0.2) is 20.9 Å². The molecule has 4 aromatic rings.